The van der Waals surface area contributed by atoms with Crippen molar-refractivity contribution < 1.29 is 26.5 Å². The molecule has 5 heteroatoms. The van der Waals surface area contributed by atoms with E-state index in [1.54, 1.807) is 14.2 Å². The van der Waals surface area contributed by atoms with Crippen LogP contribution in [0.2, 0.25) is 0 Å². The molecule has 0 bridgehead atoms. The maximum absolute atomic E-state index is 5.25. The predicted molar refractivity (Wildman–Crippen MR) is 107 cm³/mol. The Balaban J connectivity index is 0.00000182. The van der Waals surface area contributed by atoms with Gasteiger partial charge < -0.3 is 31.4 Å². The van der Waals surface area contributed by atoms with E-state index in [4.69, 9.17) is 9.47 Å². The SMILES string of the molecule is COc1ccc(CN(Cc2ccc(OC)cc2)c2cc[c-]cc2)cc1.[Br-].[Mg+2]. The fourth-order valence-corrected chi connectivity index (χ4v) is 2.73. The van der Waals surface area contributed by atoms with Crippen LogP contribution in [0.1, 0.15) is 11.1 Å². The summed E-state index contributed by atoms with van der Waals surface area (Å²) < 4.78 is 10.5. The normalized spacial score (nSPS) is 9.56. The van der Waals surface area contributed by atoms with Crippen molar-refractivity contribution in [2.75, 3.05) is 19.1 Å². The van der Waals surface area contributed by atoms with Crippen LogP contribution in [0.4, 0.5) is 5.69 Å². The zero-order valence-corrected chi connectivity index (χ0v) is 18.7. The molecule has 0 aliphatic carbocycles. The Morgan fingerprint density at radius 3 is 1.48 bits per heavy atom. The second-order valence-corrected chi connectivity index (χ2v) is 5.81. The third kappa shape index (κ3) is 6.76. The van der Waals surface area contributed by atoms with E-state index in [0.29, 0.717) is 0 Å². The van der Waals surface area contributed by atoms with Gasteiger partial charge in [0.2, 0.25) is 0 Å². The molecule has 3 nitrogen and oxygen atoms in total. The number of benzene rings is 3. The fraction of sp³-hybridized carbons (Fsp3) is 0.182. The first-order chi connectivity index (χ1) is 12.3. The van der Waals surface area contributed by atoms with E-state index in [0.717, 1.165) is 24.6 Å². The standard InChI is InChI=1S/C22H22NO2.BrH.Mg/c1-24-21-12-8-18(9-13-21)16-23(20-6-4-3-5-7-20)17-19-10-14-22(25-2)15-11-19;;/h4-15H,16-17H2,1-2H3;1H;/q-1;;+2/p-1. The molecule has 0 heterocycles. The number of ether oxygens (including phenoxy) is 2. The summed E-state index contributed by atoms with van der Waals surface area (Å²) in [5.41, 5.74) is 3.65. The number of halogens is 1. The van der Waals surface area contributed by atoms with Crippen LogP contribution in [0.15, 0.2) is 72.8 Å². The quantitative estimate of drug-likeness (QED) is 0.412. The minimum atomic E-state index is 0. The van der Waals surface area contributed by atoms with E-state index < -0.39 is 0 Å². The largest absolute Gasteiger partial charge is 2.00 e. The summed E-state index contributed by atoms with van der Waals surface area (Å²) in [6, 6.07) is 27.6. The van der Waals surface area contributed by atoms with Crippen LogP contribution in [0.25, 0.3) is 0 Å². The molecule has 0 fully saturated rings. The van der Waals surface area contributed by atoms with E-state index in [1.807, 2.05) is 36.4 Å². The topological polar surface area (TPSA) is 21.7 Å². The minimum absolute atomic E-state index is 0. The summed E-state index contributed by atoms with van der Waals surface area (Å²) in [6.45, 7) is 1.64. The van der Waals surface area contributed by atoms with Crippen LogP contribution in [-0.4, -0.2) is 37.3 Å². The van der Waals surface area contributed by atoms with E-state index in [2.05, 4.69) is 47.4 Å². The smallest absolute Gasteiger partial charge is 1.00 e. The van der Waals surface area contributed by atoms with E-state index in [1.165, 1.54) is 16.8 Å². The Morgan fingerprint density at radius 2 is 1.11 bits per heavy atom. The summed E-state index contributed by atoms with van der Waals surface area (Å²) in [5, 5.41) is 0. The van der Waals surface area contributed by atoms with Crippen molar-refractivity contribution in [2.45, 2.75) is 13.1 Å². The number of hydrogen-bond donors (Lipinski definition) is 0. The monoisotopic (exact) mass is 435 g/mol. The molecule has 27 heavy (non-hydrogen) atoms. The van der Waals surface area contributed by atoms with Crippen molar-refractivity contribution in [3.05, 3.63) is 90.0 Å². The zero-order chi connectivity index (χ0) is 17.5. The minimum Gasteiger partial charge on any atom is -1.00 e. The molecule has 0 amide bonds. The molecule has 0 unspecified atom stereocenters. The molecule has 0 saturated carbocycles. The molecule has 0 saturated heterocycles. The Labute approximate surface area is 188 Å². The van der Waals surface area contributed by atoms with Crippen molar-refractivity contribution in [3.8, 4) is 11.5 Å². The molecule has 136 valence electrons. The molecule has 0 atom stereocenters. The van der Waals surface area contributed by atoms with E-state index >= 15 is 0 Å². The van der Waals surface area contributed by atoms with Gasteiger partial charge in [-0.2, -0.15) is 18.2 Å². The molecule has 3 rings (SSSR count). The van der Waals surface area contributed by atoms with Crippen LogP contribution in [0.5, 0.6) is 11.5 Å². The first-order valence-corrected chi connectivity index (χ1v) is 8.25. The van der Waals surface area contributed by atoms with Gasteiger partial charge in [0.15, 0.2) is 0 Å². The van der Waals surface area contributed by atoms with E-state index in [-0.39, 0.29) is 40.0 Å². The van der Waals surface area contributed by atoms with Gasteiger partial charge in [-0.05, 0) is 35.4 Å². The molecule has 3 aromatic rings. The molecule has 0 aliphatic rings. The van der Waals surface area contributed by atoms with E-state index in [9.17, 15) is 0 Å². The first kappa shape index (κ1) is 23.3. The first-order valence-electron chi connectivity index (χ1n) is 8.25. The Hall–Kier alpha value is -1.69. The second-order valence-electron chi connectivity index (χ2n) is 5.81. The summed E-state index contributed by atoms with van der Waals surface area (Å²) in [4.78, 5) is 2.34. The fourth-order valence-electron chi connectivity index (χ4n) is 2.73. The van der Waals surface area contributed by atoms with Crippen molar-refractivity contribution in [1.82, 2.24) is 0 Å². The summed E-state index contributed by atoms with van der Waals surface area (Å²) in [7, 11) is 3.37. The van der Waals surface area contributed by atoms with Gasteiger partial charge in [0.1, 0.15) is 11.5 Å². The van der Waals surface area contributed by atoms with Crippen LogP contribution < -0.4 is 31.4 Å². The van der Waals surface area contributed by atoms with Gasteiger partial charge in [0, 0.05) is 13.1 Å². The van der Waals surface area contributed by atoms with Crippen LogP contribution >= 0.6 is 0 Å². The Kier molecular flexibility index (Phi) is 10.3. The Bertz CT molecular complexity index is 730. The number of hydrogen-bond acceptors (Lipinski definition) is 3. The maximum atomic E-state index is 5.25. The summed E-state index contributed by atoms with van der Waals surface area (Å²) >= 11 is 0. The zero-order valence-electron chi connectivity index (χ0n) is 15.7. The third-order valence-corrected chi connectivity index (χ3v) is 4.13. The molecular weight excluding hydrogens is 414 g/mol. The number of nitrogens with zero attached hydrogens (tertiary/aromatic N) is 1. The van der Waals surface area contributed by atoms with Gasteiger partial charge in [-0.3, -0.25) is 0 Å². The van der Waals surface area contributed by atoms with Crippen molar-refractivity contribution in [2.24, 2.45) is 0 Å². The van der Waals surface area contributed by atoms with Crippen LogP contribution in [0.3, 0.4) is 0 Å². The van der Waals surface area contributed by atoms with Gasteiger partial charge in [-0.25, -0.2) is 0 Å². The third-order valence-electron chi connectivity index (χ3n) is 4.13. The molecular formula is C22H22BrMgNO2. The van der Waals surface area contributed by atoms with Gasteiger partial charge >= 0.3 is 23.1 Å². The number of methoxy groups -OCH3 is 2. The van der Waals surface area contributed by atoms with Gasteiger partial charge in [0.25, 0.3) is 0 Å². The molecule has 0 aliphatic heterocycles. The molecule has 0 radical (unpaired) electrons. The molecule has 0 aromatic heterocycles. The summed E-state index contributed by atoms with van der Waals surface area (Å²) in [5.74, 6) is 1.75. The average molecular weight is 437 g/mol. The van der Waals surface area contributed by atoms with Gasteiger partial charge in [-0.1, -0.05) is 30.0 Å². The average Bonchev–Trinajstić information content (AvgIpc) is 2.69. The molecule has 0 spiro atoms. The maximum Gasteiger partial charge on any atom is 2.00 e. The molecule has 3 aromatic carbocycles. The molecule has 0 N–H and O–H groups in total. The Morgan fingerprint density at radius 1 is 0.704 bits per heavy atom. The van der Waals surface area contributed by atoms with Gasteiger partial charge in [0.05, 0.1) is 14.2 Å². The van der Waals surface area contributed by atoms with Crippen LogP contribution in [0, 0.1) is 6.07 Å². The van der Waals surface area contributed by atoms with Crippen LogP contribution in [-0.2, 0) is 13.1 Å². The van der Waals surface area contributed by atoms with Crippen molar-refractivity contribution in [1.29, 1.82) is 0 Å². The predicted octanol–water partition coefficient (Wildman–Crippen LogP) is 1.33. The summed E-state index contributed by atoms with van der Waals surface area (Å²) in [6.07, 6.45) is 0. The second kappa shape index (κ2) is 11.9. The van der Waals surface area contributed by atoms with Crippen molar-refractivity contribution >= 4 is 28.7 Å². The number of anilines is 1. The van der Waals surface area contributed by atoms with Gasteiger partial charge in [-0.15, -0.1) is 12.1 Å². The van der Waals surface area contributed by atoms with Crippen molar-refractivity contribution in [3.63, 3.8) is 0 Å². The number of rotatable bonds is 7.